The molecule has 0 bridgehead atoms. The molecule has 0 saturated carbocycles. The third-order valence-electron chi connectivity index (χ3n) is 1.38. The van der Waals surface area contributed by atoms with Crippen molar-refractivity contribution in [1.29, 1.82) is 0 Å². The Labute approximate surface area is 63.8 Å². The summed E-state index contributed by atoms with van der Waals surface area (Å²) in [5, 5.41) is 0. The van der Waals surface area contributed by atoms with Gasteiger partial charge in [0.1, 0.15) is 4.90 Å². The van der Waals surface area contributed by atoms with Crippen LogP contribution in [0, 0.1) is 0 Å². The molecule has 0 saturated heterocycles. The fraction of sp³-hybridized carbons (Fsp3) is 0.222. The van der Waals surface area contributed by atoms with Crippen LogP contribution in [-0.2, 0) is 9.62 Å². The van der Waals surface area contributed by atoms with Crippen molar-refractivity contribution < 1.29 is 0 Å². The molecule has 0 N–H and O–H groups in total. The van der Waals surface area contributed by atoms with Crippen LogP contribution in [0.5, 0.6) is 0 Å². The average molecular weight is 153 g/mol. The van der Waals surface area contributed by atoms with Gasteiger partial charge in [-0.05, 0) is 12.1 Å². The third-order valence-corrected chi connectivity index (χ3v) is 2.93. The molecule has 0 amide bonds. The molecule has 0 heterocycles. The van der Waals surface area contributed by atoms with Crippen molar-refractivity contribution >= 4 is 15.5 Å². The lowest BCUT2D eigenvalue weighted by atomic mass is 10.4. The molecule has 0 aliphatic carbocycles. The second-order valence-corrected chi connectivity index (χ2v) is 6.40. The standard InChI is InChI=1S/C9H13S/c1-10(2,3)9-7-5-4-6-8-9/h4-8H,1H2,2-3H3/q+1. The molecule has 0 aliphatic rings. The molecule has 0 spiro atoms. The quantitative estimate of drug-likeness (QED) is 0.427. The maximum Gasteiger partial charge on any atom is 0.117 e. The van der Waals surface area contributed by atoms with Crippen molar-refractivity contribution in [2.75, 3.05) is 12.5 Å². The van der Waals surface area contributed by atoms with Crippen LogP contribution in [0.4, 0.5) is 0 Å². The van der Waals surface area contributed by atoms with Crippen molar-refractivity contribution in [3.8, 4) is 0 Å². The zero-order valence-corrected chi connectivity index (χ0v) is 7.32. The molecule has 0 aromatic heterocycles. The van der Waals surface area contributed by atoms with Crippen molar-refractivity contribution in [2.45, 2.75) is 4.90 Å². The number of hydrogen-bond acceptors (Lipinski definition) is 0. The van der Waals surface area contributed by atoms with Crippen LogP contribution >= 0.6 is 0 Å². The smallest absolute Gasteiger partial charge is 0.105 e. The van der Waals surface area contributed by atoms with E-state index in [1.54, 1.807) is 0 Å². The minimum absolute atomic E-state index is 0.753. The van der Waals surface area contributed by atoms with Crippen LogP contribution in [0.2, 0.25) is 0 Å². The summed E-state index contributed by atoms with van der Waals surface area (Å²) >= 11 is 0. The highest BCUT2D eigenvalue weighted by atomic mass is 32.2. The van der Waals surface area contributed by atoms with Crippen LogP contribution in [0.1, 0.15) is 0 Å². The summed E-state index contributed by atoms with van der Waals surface area (Å²) in [6, 6.07) is 10.4. The Kier molecular flexibility index (Phi) is 1.95. The second kappa shape index (κ2) is 2.59. The maximum absolute atomic E-state index is 4.12. The van der Waals surface area contributed by atoms with E-state index in [1.807, 2.05) is 6.07 Å². The van der Waals surface area contributed by atoms with Gasteiger partial charge in [-0.1, -0.05) is 18.2 Å². The van der Waals surface area contributed by atoms with Gasteiger partial charge in [-0.25, -0.2) is 0 Å². The molecule has 0 nitrogen and oxygen atoms in total. The minimum Gasteiger partial charge on any atom is -0.105 e. The van der Waals surface area contributed by atoms with Crippen LogP contribution in [0.3, 0.4) is 0 Å². The van der Waals surface area contributed by atoms with E-state index in [2.05, 4.69) is 42.6 Å². The van der Waals surface area contributed by atoms with Gasteiger partial charge in [0, 0.05) is 5.87 Å². The van der Waals surface area contributed by atoms with Crippen LogP contribution in [0.15, 0.2) is 35.2 Å². The Bertz CT molecular complexity index is 243. The lowest BCUT2D eigenvalue weighted by molar-refractivity contribution is 1.45. The molecule has 1 aromatic rings. The Hall–Kier alpha value is -0.560. The first-order chi connectivity index (χ1) is 4.61. The highest BCUT2D eigenvalue weighted by molar-refractivity contribution is 8.10. The monoisotopic (exact) mass is 153 g/mol. The van der Waals surface area contributed by atoms with Gasteiger partial charge in [-0.2, -0.15) is 0 Å². The largest absolute Gasteiger partial charge is 0.117 e. The van der Waals surface area contributed by atoms with Gasteiger partial charge in [0.15, 0.2) is 0 Å². The van der Waals surface area contributed by atoms with Gasteiger partial charge in [-0.15, -0.1) is 9.62 Å². The van der Waals surface area contributed by atoms with Gasteiger partial charge >= 0.3 is 0 Å². The highest BCUT2D eigenvalue weighted by Gasteiger charge is 2.06. The molecule has 1 aromatic carbocycles. The normalized spacial score (nSPS) is 11.4. The Morgan fingerprint density at radius 1 is 1.10 bits per heavy atom. The van der Waals surface area contributed by atoms with E-state index in [0.29, 0.717) is 0 Å². The van der Waals surface area contributed by atoms with Crippen molar-refractivity contribution in [3.63, 3.8) is 0 Å². The van der Waals surface area contributed by atoms with Crippen LogP contribution in [0.25, 0.3) is 0 Å². The molecule has 0 unspecified atom stereocenters. The van der Waals surface area contributed by atoms with Gasteiger partial charge in [0.2, 0.25) is 0 Å². The zero-order valence-electron chi connectivity index (χ0n) is 6.50. The Morgan fingerprint density at radius 3 is 1.90 bits per heavy atom. The summed E-state index contributed by atoms with van der Waals surface area (Å²) in [5.41, 5.74) is 0. The molecule has 0 radical (unpaired) electrons. The first-order valence-corrected chi connectivity index (χ1v) is 5.84. The topological polar surface area (TPSA) is 0 Å². The third kappa shape index (κ3) is 1.71. The minimum atomic E-state index is -0.753. The van der Waals surface area contributed by atoms with Crippen molar-refractivity contribution in [1.82, 2.24) is 0 Å². The van der Waals surface area contributed by atoms with Gasteiger partial charge in [-0.3, -0.25) is 0 Å². The molecular formula is C9H13S+. The molecule has 0 aliphatic heterocycles. The van der Waals surface area contributed by atoms with E-state index in [9.17, 15) is 0 Å². The highest BCUT2D eigenvalue weighted by Crippen LogP contribution is 2.11. The molecule has 0 atom stereocenters. The van der Waals surface area contributed by atoms with E-state index in [1.165, 1.54) is 4.90 Å². The van der Waals surface area contributed by atoms with Crippen LogP contribution in [-0.4, -0.2) is 18.4 Å². The van der Waals surface area contributed by atoms with Gasteiger partial charge in [0.05, 0.1) is 12.5 Å². The molecule has 10 heavy (non-hydrogen) atoms. The van der Waals surface area contributed by atoms with E-state index in [4.69, 9.17) is 0 Å². The summed E-state index contributed by atoms with van der Waals surface area (Å²) in [4.78, 5) is 1.37. The van der Waals surface area contributed by atoms with Crippen LogP contribution < -0.4 is 0 Å². The van der Waals surface area contributed by atoms with E-state index >= 15 is 0 Å². The molecular weight excluding hydrogens is 140 g/mol. The summed E-state index contributed by atoms with van der Waals surface area (Å²) < 4.78 is 0. The summed E-state index contributed by atoms with van der Waals surface area (Å²) in [6.45, 7) is 0. The lowest BCUT2D eigenvalue weighted by Crippen LogP contribution is -2.04. The fourth-order valence-electron chi connectivity index (χ4n) is 0.789. The average Bonchev–Trinajstić information content (AvgIpc) is 1.88. The summed E-state index contributed by atoms with van der Waals surface area (Å²) in [6.07, 6.45) is 4.39. The van der Waals surface area contributed by atoms with E-state index in [0.717, 1.165) is 0 Å². The summed E-state index contributed by atoms with van der Waals surface area (Å²) in [5.74, 6) is 4.12. The fourth-order valence-corrected chi connectivity index (χ4v) is 1.68. The number of rotatable bonds is 1. The second-order valence-electron chi connectivity index (χ2n) is 2.85. The number of hydrogen-bond donors (Lipinski definition) is 0. The first kappa shape index (κ1) is 7.55. The molecule has 54 valence electrons. The van der Waals surface area contributed by atoms with Crippen molar-refractivity contribution in [2.24, 2.45) is 0 Å². The Balaban J connectivity index is 3.09. The molecule has 0 fully saturated rings. The predicted octanol–water partition coefficient (Wildman–Crippen LogP) is 1.89. The lowest BCUT2D eigenvalue weighted by Gasteiger charge is -2.05. The van der Waals surface area contributed by atoms with E-state index in [-0.39, 0.29) is 0 Å². The van der Waals surface area contributed by atoms with E-state index < -0.39 is 9.62 Å². The first-order valence-electron chi connectivity index (χ1n) is 3.22. The zero-order chi connectivity index (χ0) is 7.61. The number of benzene rings is 1. The predicted molar refractivity (Wildman–Crippen MR) is 51.0 cm³/mol. The summed E-state index contributed by atoms with van der Waals surface area (Å²) in [7, 11) is -0.753. The van der Waals surface area contributed by atoms with Gasteiger partial charge < -0.3 is 0 Å². The SMILES string of the molecule is C=[S+](C)(C)c1ccccc1. The maximum atomic E-state index is 4.12. The molecule has 1 heteroatoms. The molecule has 1 rings (SSSR count). The Morgan fingerprint density at radius 2 is 1.60 bits per heavy atom. The van der Waals surface area contributed by atoms with Gasteiger partial charge in [0.25, 0.3) is 0 Å². The van der Waals surface area contributed by atoms with Crippen molar-refractivity contribution in [3.05, 3.63) is 30.3 Å².